The molecule has 0 unspecified atom stereocenters. The summed E-state index contributed by atoms with van der Waals surface area (Å²) in [5.41, 5.74) is 2.98. The molecule has 1 amide bonds. The highest BCUT2D eigenvalue weighted by Gasteiger charge is 2.21. The SMILES string of the molecule is COC(=O)c1ccc(C(=O)N(CCCN(C)C)c2nc3ccc(C)cc3s2)cc1. The minimum absolute atomic E-state index is 0.129. The monoisotopic (exact) mass is 411 g/mol. The van der Waals surface area contributed by atoms with Gasteiger partial charge in [0.05, 0.1) is 22.9 Å². The van der Waals surface area contributed by atoms with Gasteiger partial charge in [0, 0.05) is 12.1 Å². The van der Waals surface area contributed by atoms with Crippen molar-refractivity contribution < 1.29 is 14.3 Å². The molecule has 0 atom stereocenters. The molecule has 7 heteroatoms. The summed E-state index contributed by atoms with van der Waals surface area (Å²) in [6.07, 6.45) is 0.827. The van der Waals surface area contributed by atoms with Gasteiger partial charge < -0.3 is 9.64 Å². The van der Waals surface area contributed by atoms with Crippen LogP contribution in [-0.2, 0) is 4.74 Å². The van der Waals surface area contributed by atoms with E-state index >= 15 is 0 Å². The van der Waals surface area contributed by atoms with E-state index in [9.17, 15) is 9.59 Å². The summed E-state index contributed by atoms with van der Waals surface area (Å²) in [7, 11) is 5.36. The van der Waals surface area contributed by atoms with E-state index in [-0.39, 0.29) is 5.91 Å². The Balaban J connectivity index is 1.91. The van der Waals surface area contributed by atoms with Gasteiger partial charge in [-0.15, -0.1) is 0 Å². The normalized spacial score (nSPS) is 11.1. The van der Waals surface area contributed by atoms with Crippen LogP contribution in [0.3, 0.4) is 0 Å². The van der Waals surface area contributed by atoms with Crippen molar-refractivity contribution in [2.24, 2.45) is 0 Å². The fourth-order valence-corrected chi connectivity index (χ4v) is 4.07. The molecule has 0 radical (unpaired) electrons. The zero-order valence-corrected chi connectivity index (χ0v) is 18.0. The Bertz CT molecular complexity index is 1010. The first kappa shape index (κ1) is 21.0. The molecule has 0 spiro atoms. The second-order valence-electron chi connectivity index (χ2n) is 7.15. The van der Waals surface area contributed by atoms with E-state index in [1.807, 2.05) is 33.2 Å². The van der Waals surface area contributed by atoms with Crippen molar-refractivity contribution in [3.8, 4) is 0 Å². The molecule has 2 aromatic carbocycles. The topological polar surface area (TPSA) is 62.7 Å². The van der Waals surface area contributed by atoms with Crippen molar-refractivity contribution in [1.82, 2.24) is 9.88 Å². The second kappa shape index (κ2) is 9.15. The van der Waals surface area contributed by atoms with Crippen molar-refractivity contribution in [3.05, 3.63) is 59.2 Å². The Kier molecular flexibility index (Phi) is 6.61. The molecule has 0 fully saturated rings. The van der Waals surface area contributed by atoms with E-state index in [4.69, 9.17) is 9.72 Å². The molecule has 29 heavy (non-hydrogen) atoms. The average Bonchev–Trinajstić information content (AvgIpc) is 3.12. The number of ether oxygens (including phenoxy) is 1. The minimum Gasteiger partial charge on any atom is -0.465 e. The van der Waals surface area contributed by atoms with Crippen molar-refractivity contribution in [2.75, 3.05) is 39.2 Å². The number of amides is 1. The number of nitrogens with zero attached hydrogens (tertiary/aromatic N) is 3. The number of anilines is 1. The van der Waals surface area contributed by atoms with Gasteiger partial charge in [0.15, 0.2) is 5.13 Å². The third kappa shape index (κ3) is 4.99. The minimum atomic E-state index is -0.423. The summed E-state index contributed by atoms with van der Waals surface area (Å²) in [6.45, 7) is 3.48. The van der Waals surface area contributed by atoms with Gasteiger partial charge in [-0.25, -0.2) is 9.78 Å². The van der Waals surface area contributed by atoms with E-state index in [1.54, 1.807) is 29.2 Å². The zero-order valence-electron chi connectivity index (χ0n) is 17.1. The molecule has 152 valence electrons. The van der Waals surface area contributed by atoms with Crippen LogP contribution in [0.2, 0.25) is 0 Å². The Morgan fingerprint density at radius 1 is 1.03 bits per heavy atom. The van der Waals surface area contributed by atoms with Crippen LogP contribution in [0.15, 0.2) is 42.5 Å². The maximum Gasteiger partial charge on any atom is 0.337 e. The van der Waals surface area contributed by atoms with Gasteiger partial charge in [-0.05, 0) is 75.9 Å². The smallest absolute Gasteiger partial charge is 0.337 e. The lowest BCUT2D eigenvalue weighted by Crippen LogP contribution is -2.33. The Hall–Kier alpha value is -2.77. The van der Waals surface area contributed by atoms with E-state index in [0.29, 0.717) is 22.8 Å². The quantitative estimate of drug-likeness (QED) is 0.550. The molecule has 0 saturated carbocycles. The largest absolute Gasteiger partial charge is 0.465 e. The van der Waals surface area contributed by atoms with Gasteiger partial charge >= 0.3 is 5.97 Å². The van der Waals surface area contributed by atoms with Gasteiger partial charge in [-0.2, -0.15) is 0 Å². The lowest BCUT2D eigenvalue weighted by Gasteiger charge is -2.21. The number of hydrogen-bond acceptors (Lipinski definition) is 6. The van der Waals surface area contributed by atoms with E-state index < -0.39 is 5.97 Å². The maximum absolute atomic E-state index is 13.3. The first-order valence-corrected chi connectivity index (χ1v) is 10.2. The highest BCUT2D eigenvalue weighted by atomic mass is 32.1. The molecule has 6 nitrogen and oxygen atoms in total. The predicted octanol–water partition coefficient (Wildman–Crippen LogP) is 3.99. The van der Waals surface area contributed by atoms with Gasteiger partial charge in [-0.3, -0.25) is 9.69 Å². The van der Waals surface area contributed by atoms with Crippen LogP contribution in [0.25, 0.3) is 10.2 Å². The van der Waals surface area contributed by atoms with E-state index in [0.717, 1.165) is 28.7 Å². The molecule has 0 saturated heterocycles. The summed E-state index contributed by atoms with van der Waals surface area (Å²) in [5.74, 6) is -0.552. The van der Waals surface area contributed by atoms with Crippen molar-refractivity contribution in [2.45, 2.75) is 13.3 Å². The number of methoxy groups -OCH3 is 1. The zero-order chi connectivity index (χ0) is 21.0. The van der Waals surface area contributed by atoms with Crippen molar-refractivity contribution in [3.63, 3.8) is 0 Å². The number of rotatable bonds is 7. The summed E-state index contributed by atoms with van der Waals surface area (Å²) < 4.78 is 5.79. The molecule has 0 bridgehead atoms. The summed E-state index contributed by atoms with van der Waals surface area (Å²) in [4.78, 5) is 33.4. The van der Waals surface area contributed by atoms with Gasteiger partial charge in [0.2, 0.25) is 0 Å². The number of carbonyl (C=O) groups is 2. The maximum atomic E-state index is 13.3. The van der Waals surface area contributed by atoms with Crippen LogP contribution in [0, 0.1) is 6.92 Å². The number of hydrogen-bond donors (Lipinski definition) is 0. The van der Waals surface area contributed by atoms with Crippen LogP contribution < -0.4 is 4.90 Å². The van der Waals surface area contributed by atoms with Crippen LogP contribution in [-0.4, -0.2) is 56.1 Å². The van der Waals surface area contributed by atoms with Gasteiger partial charge in [-0.1, -0.05) is 17.4 Å². The molecular weight excluding hydrogens is 386 g/mol. The summed E-state index contributed by atoms with van der Waals surface area (Å²) in [6, 6.07) is 12.6. The molecule has 3 aromatic rings. The molecule has 0 aliphatic carbocycles. The fourth-order valence-electron chi connectivity index (χ4n) is 2.99. The lowest BCUT2D eigenvalue weighted by atomic mass is 10.1. The first-order chi connectivity index (χ1) is 13.9. The Morgan fingerprint density at radius 2 is 1.72 bits per heavy atom. The average molecular weight is 412 g/mol. The van der Waals surface area contributed by atoms with Gasteiger partial charge in [0.1, 0.15) is 0 Å². The number of carbonyl (C=O) groups excluding carboxylic acids is 2. The highest BCUT2D eigenvalue weighted by Crippen LogP contribution is 2.30. The Morgan fingerprint density at radius 3 is 2.38 bits per heavy atom. The summed E-state index contributed by atoms with van der Waals surface area (Å²) >= 11 is 1.52. The number of aryl methyl sites for hydroxylation is 1. The molecule has 1 aromatic heterocycles. The lowest BCUT2D eigenvalue weighted by molar-refractivity contribution is 0.0600. The second-order valence-corrected chi connectivity index (χ2v) is 8.16. The van der Waals surface area contributed by atoms with Crippen molar-refractivity contribution in [1.29, 1.82) is 0 Å². The highest BCUT2D eigenvalue weighted by molar-refractivity contribution is 7.22. The first-order valence-electron chi connectivity index (χ1n) is 9.41. The molecule has 1 heterocycles. The standard InChI is InChI=1S/C22H25N3O3S/c1-15-6-11-18-19(14-15)29-22(23-18)25(13-5-12-24(2)3)20(26)16-7-9-17(10-8-16)21(27)28-4/h6-11,14H,5,12-13H2,1-4H3. The number of fused-ring (bicyclic) bond motifs is 1. The molecule has 0 aliphatic heterocycles. The van der Waals surface area contributed by atoms with Crippen LogP contribution in [0.4, 0.5) is 5.13 Å². The molecular formula is C22H25N3O3S. The number of esters is 1. The third-order valence-electron chi connectivity index (χ3n) is 4.55. The fraction of sp³-hybridized carbons (Fsp3) is 0.318. The van der Waals surface area contributed by atoms with Crippen LogP contribution in [0.1, 0.15) is 32.7 Å². The number of aromatic nitrogens is 1. The van der Waals surface area contributed by atoms with Crippen LogP contribution in [0.5, 0.6) is 0 Å². The van der Waals surface area contributed by atoms with Crippen LogP contribution >= 0.6 is 11.3 Å². The number of thiazole rings is 1. The van der Waals surface area contributed by atoms with Gasteiger partial charge in [0.25, 0.3) is 5.91 Å². The molecule has 0 aliphatic rings. The predicted molar refractivity (Wildman–Crippen MR) is 117 cm³/mol. The molecule has 3 rings (SSSR count). The van der Waals surface area contributed by atoms with Crippen molar-refractivity contribution >= 4 is 38.6 Å². The third-order valence-corrected chi connectivity index (χ3v) is 5.59. The van der Waals surface area contributed by atoms with E-state index in [1.165, 1.54) is 18.4 Å². The van der Waals surface area contributed by atoms with E-state index in [2.05, 4.69) is 11.0 Å². The molecule has 0 N–H and O–H groups in total. The number of benzene rings is 2. The Labute approximate surface area is 174 Å². The summed E-state index contributed by atoms with van der Waals surface area (Å²) in [5, 5.41) is 0.686.